The van der Waals surface area contributed by atoms with Gasteiger partial charge in [-0.05, 0) is 44.0 Å². The topological polar surface area (TPSA) is 42.0 Å². The van der Waals surface area contributed by atoms with Crippen molar-refractivity contribution in [1.82, 2.24) is 10.3 Å². The molecule has 0 aliphatic carbocycles. The highest BCUT2D eigenvalue weighted by Gasteiger charge is 2.25. The number of nitrogens with one attached hydrogen (secondary N) is 1. The van der Waals surface area contributed by atoms with E-state index in [9.17, 15) is 4.79 Å². The maximum Gasteiger partial charge on any atom is 0.233 e. The molecule has 0 bridgehead atoms. The number of pyridine rings is 1. The van der Waals surface area contributed by atoms with E-state index in [-0.39, 0.29) is 17.9 Å². The number of benzene rings is 1. The van der Waals surface area contributed by atoms with Crippen LogP contribution in [0.2, 0.25) is 0 Å². The Morgan fingerprint density at radius 2 is 1.80 bits per heavy atom. The molecular weight excluding hydrogens is 248 g/mol. The molecule has 1 unspecified atom stereocenters. The van der Waals surface area contributed by atoms with Crippen LogP contribution in [0.4, 0.5) is 0 Å². The monoisotopic (exact) mass is 268 g/mol. The second-order valence-corrected chi connectivity index (χ2v) is 5.21. The Labute approximate surface area is 120 Å². The van der Waals surface area contributed by atoms with Crippen LogP contribution in [0, 0.1) is 6.92 Å². The van der Waals surface area contributed by atoms with Gasteiger partial charge in [0.15, 0.2) is 0 Å². The van der Waals surface area contributed by atoms with Crippen LogP contribution in [0.5, 0.6) is 0 Å². The molecule has 2 rings (SSSR count). The van der Waals surface area contributed by atoms with Crippen molar-refractivity contribution in [3.8, 4) is 0 Å². The average molecular weight is 268 g/mol. The third kappa shape index (κ3) is 3.23. The average Bonchev–Trinajstić information content (AvgIpc) is 2.42. The van der Waals surface area contributed by atoms with Gasteiger partial charge in [-0.2, -0.15) is 0 Å². The van der Waals surface area contributed by atoms with Gasteiger partial charge in [0, 0.05) is 12.2 Å². The zero-order valence-corrected chi connectivity index (χ0v) is 12.1. The SMILES string of the molecule is Cc1ccccc1C(C(=O)NC(C)C)c1ccccn1. The Morgan fingerprint density at radius 1 is 1.10 bits per heavy atom. The Hall–Kier alpha value is -2.16. The lowest BCUT2D eigenvalue weighted by molar-refractivity contribution is -0.122. The number of aromatic nitrogens is 1. The Morgan fingerprint density at radius 3 is 2.40 bits per heavy atom. The molecule has 0 aliphatic rings. The van der Waals surface area contributed by atoms with Crippen molar-refractivity contribution < 1.29 is 4.79 Å². The Bertz CT molecular complexity index is 579. The van der Waals surface area contributed by atoms with Gasteiger partial charge < -0.3 is 5.32 Å². The van der Waals surface area contributed by atoms with E-state index in [1.807, 2.05) is 63.2 Å². The Kier molecular flexibility index (Phi) is 4.51. The molecule has 1 N–H and O–H groups in total. The molecule has 0 aliphatic heterocycles. The minimum atomic E-state index is -0.361. The van der Waals surface area contributed by atoms with Crippen molar-refractivity contribution in [2.45, 2.75) is 32.7 Å². The van der Waals surface area contributed by atoms with E-state index in [0.29, 0.717) is 0 Å². The smallest absolute Gasteiger partial charge is 0.233 e. The normalized spacial score (nSPS) is 12.2. The molecule has 20 heavy (non-hydrogen) atoms. The summed E-state index contributed by atoms with van der Waals surface area (Å²) in [5, 5.41) is 2.99. The number of hydrogen-bond donors (Lipinski definition) is 1. The molecule has 2 aromatic rings. The van der Waals surface area contributed by atoms with E-state index in [1.54, 1.807) is 6.20 Å². The van der Waals surface area contributed by atoms with E-state index < -0.39 is 0 Å². The van der Waals surface area contributed by atoms with Gasteiger partial charge in [-0.15, -0.1) is 0 Å². The fourth-order valence-corrected chi connectivity index (χ4v) is 2.26. The van der Waals surface area contributed by atoms with Gasteiger partial charge in [-0.1, -0.05) is 30.3 Å². The van der Waals surface area contributed by atoms with Crippen LogP contribution >= 0.6 is 0 Å². The predicted molar refractivity (Wildman–Crippen MR) is 80.5 cm³/mol. The number of carbonyl (C=O) groups is 1. The van der Waals surface area contributed by atoms with Crippen LogP contribution in [0.25, 0.3) is 0 Å². The van der Waals surface area contributed by atoms with E-state index in [0.717, 1.165) is 16.8 Å². The van der Waals surface area contributed by atoms with Crippen molar-refractivity contribution in [2.75, 3.05) is 0 Å². The molecule has 1 aromatic carbocycles. The van der Waals surface area contributed by atoms with Gasteiger partial charge in [0.25, 0.3) is 0 Å². The van der Waals surface area contributed by atoms with E-state index in [1.165, 1.54) is 0 Å². The first-order chi connectivity index (χ1) is 9.59. The van der Waals surface area contributed by atoms with Crippen molar-refractivity contribution in [3.05, 3.63) is 65.5 Å². The van der Waals surface area contributed by atoms with E-state index in [2.05, 4.69) is 10.3 Å². The molecule has 0 radical (unpaired) electrons. The van der Waals surface area contributed by atoms with Crippen LogP contribution < -0.4 is 5.32 Å². The summed E-state index contributed by atoms with van der Waals surface area (Å²) in [6, 6.07) is 13.7. The number of amides is 1. The van der Waals surface area contributed by atoms with Crippen molar-refractivity contribution in [1.29, 1.82) is 0 Å². The lowest BCUT2D eigenvalue weighted by Crippen LogP contribution is -2.35. The standard InChI is InChI=1S/C17H20N2O/c1-12(2)19-17(20)16(15-10-6-7-11-18-15)14-9-5-4-8-13(14)3/h4-12,16H,1-3H3,(H,19,20). The number of rotatable bonds is 4. The van der Waals surface area contributed by atoms with Crippen molar-refractivity contribution in [3.63, 3.8) is 0 Å². The molecule has 1 heterocycles. The summed E-state index contributed by atoms with van der Waals surface area (Å²) < 4.78 is 0. The fraction of sp³-hybridized carbons (Fsp3) is 0.294. The molecule has 0 saturated carbocycles. The summed E-state index contributed by atoms with van der Waals surface area (Å²) in [5.41, 5.74) is 2.88. The molecule has 1 amide bonds. The molecule has 1 atom stereocenters. The molecule has 3 heteroatoms. The maximum atomic E-state index is 12.6. The first-order valence-electron chi connectivity index (χ1n) is 6.86. The number of hydrogen-bond acceptors (Lipinski definition) is 2. The third-order valence-electron chi connectivity index (χ3n) is 3.18. The van der Waals surface area contributed by atoms with Crippen LogP contribution in [0.1, 0.15) is 36.6 Å². The maximum absolute atomic E-state index is 12.6. The van der Waals surface area contributed by atoms with Gasteiger partial charge in [0.05, 0.1) is 5.69 Å². The number of nitrogens with zero attached hydrogens (tertiary/aromatic N) is 1. The lowest BCUT2D eigenvalue weighted by Gasteiger charge is -2.20. The minimum Gasteiger partial charge on any atom is -0.353 e. The van der Waals surface area contributed by atoms with Gasteiger partial charge in [0.1, 0.15) is 5.92 Å². The Balaban J connectivity index is 2.45. The summed E-state index contributed by atoms with van der Waals surface area (Å²) >= 11 is 0. The lowest BCUT2D eigenvalue weighted by atomic mass is 9.90. The molecular formula is C17H20N2O. The minimum absolute atomic E-state index is 0.00648. The van der Waals surface area contributed by atoms with Gasteiger partial charge in [0.2, 0.25) is 5.91 Å². The summed E-state index contributed by atoms with van der Waals surface area (Å²) in [7, 11) is 0. The van der Waals surface area contributed by atoms with Crippen LogP contribution in [0.15, 0.2) is 48.7 Å². The summed E-state index contributed by atoms with van der Waals surface area (Å²) in [6.45, 7) is 5.95. The fourth-order valence-electron chi connectivity index (χ4n) is 2.26. The molecule has 104 valence electrons. The van der Waals surface area contributed by atoms with Crippen LogP contribution in [0.3, 0.4) is 0 Å². The molecule has 0 spiro atoms. The van der Waals surface area contributed by atoms with E-state index in [4.69, 9.17) is 0 Å². The zero-order chi connectivity index (χ0) is 14.5. The molecule has 3 nitrogen and oxygen atoms in total. The summed E-state index contributed by atoms with van der Waals surface area (Å²) in [5.74, 6) is -0.368. The van der Waals surface area contributed by atoms with Crippen LogP contribution in [-0.2, 0) is 4.79 Å². The van der Waals surface area contributed by atoms with Crippen molar-refractivity contribution in [2.24, 2.45) is 0 Å². The first-order valence-corrected chi connectivity index (χ1v) is 6.86. The second-order valence-electron chi connectivity index (χ2n) is 5.21. The van der Waals surface area contributed by atoms with Crippen LogP contribution in [-0.4, -0.2) is 16.9 Å². The zero-order valence-electron chi connectivity index (χ0n) is 12.1. The summed E-state index contributed by atoms with van der Waals surface area (Å²) in [4.78, 5) is 16.9. The first kappa shape index (κ1) is 14.3. The second kappa shape index (κ2) is 6.33. The van der Waals surface area contributed by atoms with E-state index >= 15 is 0 Å². The highest BCUT2D eigenvalue weighted by atomic mass is 16.1. The highest BCUT2D eigenvalue weighted by Crippen LogP contribution is 2.26. The quantitative estimate of drug-likeness (QED) is 0.926. The van der Waals surface area contributed by atoms with Gasteiger partial charge in [-0.25, -0.2) is 0 Å². The highest BCUT2D eigenvalue weighted by molar-refractivity contribution is 5.87. The molecule has 1 aromatic heterocycles. The third-order valence-corrected chi connectivity index (χ3v) is 3.18. The number of aryl methyl sites for hydroxylation is 1. The predicted octanol–water partition coefficient (Wildman–Crippen LogP) is 3.05. The largest absolute Gasteiger partial charge is 0.353 e. The van der Waals surface area contributed by atoms with Gasteiger partial charge in [-0.3, -0.25) is 9.78 Å². The summed E-state index contributed by atoms with van der Waals surface area (Å²) in [6.07, 6.45) is 1.73. The number of carbonyl (C=O) groups excluding carboxylic acids is 1. The molecule has 0 fully saturated rings. The molecule has 0 saturated heterocycles. The van der Waals surface area contributed by atoms with Crippen molar-refractivity contribution >= 4 is 5.91 Å². The van der Waals surface area contributed by atoms with Gasteiger partial charge >= 0.3 is 0 Å².